The topological polar surface area (TPSA) is 108 Å². The summed E-state index contributed by atoms with van der Waals surface area (Å²) in [6, 6.07) is 0. The Morgan fingerprint density at radius 2 is 0.607 bits per heavy atom. The lowest BCUT2D eigenvalue weighted by molar-refractivity contribution is -0.870. The fourth-order valence-corrected chi connectivity index (χ4v) is 9.41. The Morgan fingerprint density at radius 1 is 0.337 bits per heavy atom. The van der Waals surface area contributed by atoms with E-state index in [1.807, 2.05) is 21.1 Å². The second-order valence-corrected chi connectivity index (χ2v) is 24.4. The molecule has 0 heterocycles. The summed E-state index contributed by atoms with van der Waals surface area (Å²) < 4.78 is 22.9. The number of carboxylic acid groups (broad SMARTS) is 1. The van der Waals surface area contributed by atoms with Crippen LogP contribution in [-0.4, -0.2) is 87.4 Å². The van der Waals surface area contributed by atoms with Gasteiger partial charge in [0, 0.05) is 12.8 Å². The molecule has 1 N–H and O–H groups in total. The Kier molecular flexibility index (Phi) is 64.9. The highest BCUT2D eigenvalue weighted by Crippen LogP contribution is 2.17. The minimum absolute atomic E-state index is 0.174. The molecule has 0 fully saturated rings. The second-order valence-electron chi connectivity index (χ2n) is 24.4. The number of unbranched alkanes of at least 4 members (excludes halogenated alkanes) is 23. The van der Waals surface area contributed by atoms with Gasteiger partial charge in [0.2, 0.25) is 0 Å². The van der Waals surface area contributed by atoms with Gasteiger partial charge in [-0.3, -0.25) is 9.59 Å². The molecule has 0 aromatic carbocycles. The number of ether oxygens (including phenoxy) is 4. The van der Waals surface area contributed by atoms with Gasteiger partial charge in [0.1, 0.15) is 13.2 Å². The van der Waals surface area contributed by atoms with Crippen LogP contribution in [0.5, 0.6) is 0 Å². The molecule has 0 bridgehead atoms. The number of esters is 2. The van der Waals surface area contributed by atoms with Crippen molar-refractivity contribution in [2.45, 2.75) is 283 Å². The average Bonchev–Trinajstić information content (AvgIpc) is 3.64. The molecule has 0 aromatic rings. The van der Waals surface area contributed by atoms with E-state index in [2.05, 4.69) is 172 Å². The minimum Gasteiger partial charge on any atom is -0.477 e. The van der Waals surface area contributed by atoms with Crippen LogP contribution >= 0.6 is 0 Å². The molecule has 9 heteroatoms. The Hall–Kier alpha value is -5.09. The van der Waals surface area contributed by atoms with Crippen molar-refractivity contribution in [3.05, 3.63) is 158 Å². The number of nitrogens with zero attached hydrogens (tertiary/aromatic N) is 1. The largest absolute Gasteiger partial charge is 0.477 e. The molecule has 504 valence electrons. The average molecular weight is 1240 g/mol. The van der Waals surface area contributed by atoms with Gasteiger partial charge in [-0.15, -0.1) is 0 Å². The molecule has 0 aliphatic heterocycles. The van der Waals surface area contributed by atoms with Crippen LogP contribution in [0.25, 0.3) is 0 Å². The predicted molar refractivity (Wildman–Crippen MR) is 382 cm³/mol. The SMILES string of the molecule is CC/C=C\C/C=C\C/C=C\C/C=C\C/C=C\C/C=C\C/C=C\CCCCCC(=O)OC(COC(=O)CCCCCCCCCCCCCCCCCCCCCC/C=C\C/C=C\C/C=C\C/C=C\C/C=C\C/C=C\CC)COC(OCC[N+](C)(C)C)C(=O)O. The van der Waals surface area contributed by atoms with Gasteiger partial charge >= 0.3 is 17.9 Å². The summed E-state index contributed by atoms with van der Waals surface area (Å²) in [7, 11) is 5.96. The molecule has 0 spiro atoms. The van der Waals surface area contributed by atoms with Gasteiger partial charge in [-0.05, 0) is 122 Å². The van der Waals surface area contributed by atoms with E-state index in [1.165, 1.54) is 116 Å². The van der Waals surface area contributed by atoms with Gasteiger partial charge in [-0.2, -0.15) is 0 Å². The molecule has 0 amide bonds. The number of likely N-dealkylation sites (N-methyl/N-ethyl adjacent to an activating group) is 1. The first-order chi connectivity index (χ1) is 43.6. The third-order valence-corrected chi connectivity index (χ3v) is 14.8. The Morgan fingerprint density at radius 3 is 0.910 bits per heavy atom. The molecule has 0 rings (SSSR count). The Bertz CT molecular complexity index is 2020. The molecule has 0 radical (unpaired) electrons. The second kappa shape index (κ2) is 68.8. The first-order valence-corrected chi connectivity index (χ1v) is 35.6. The molecule has 2 atom stereocenters. The summed E-state index contributed by atoms with van der Waals surface area (Å²) in [5, 5.41) is 9.74. The third kappa shape index (κ3) is 70.2. The zero-order valence-corrected chi connectivity index (χ0v) is 57.5. The zero-order chi connectivity index (χ0) is 64.7. The van der Waals surface area contributed by atoms with E-state index >= 15 is 0 Å². The molecule has 0 saturated carbocycles. The van der Waals surface area contributed by atoms with E-state index in [-0.39, 0.29) is 38.6 Å². The van der Waals surface area contributed by atoms with Gasteiger partial charge in [-0.1, -0.05) is 294 Å². The van der Waals surface area contributed by atoms with Gasteiger partial charge in [0.05, 0.1) is 34.4 Å². The predicted octanol–water partition coefficient (Wildman–Crippen LogP) is 22.5. The highest BCUT2D eigenvalue weighted by Gasteiger charge is 2.25. The molecular weight excluding hydrogens is 1100 g/mol. The molecule has 0 aliphatic carbocycles. The first kappa shape index (κ1) is 83.9. The molecule has 0 saturated heterocycles. The summed E-state index contributed by atoms with van der Waals surface area (Å²) in [5.41, 5.74) is 0. The van der Waals surface area contributed by atoms with Crippen molar-refractivity contribution in [2.75, 3.05) is 47.5 Å². The summed E-state index contributed by atoms with van der Waals surface area (Å²) in [4.78, 5) is 37.6. The van der Waals surface area contributed by atoms with Crippen molar-refractivity contribution in [1.82, 2.24) is 0 Å². The number of aliphatic carboxylic acids is 1. The fraction of sp³-hybridized carbons (Fsp3) is 0.637. The lowest BCUT2D eigenvalue weighted by Crippen LogP contribution is -2.40. The van der Waals surface area contributed by atoms with Gasteiger partial charge < -0.3 is 28.5 Å². The van der Waals surface area contributed by atoms with E-state index in [9.17, 15) is 19.5 Å². The number of hydrogen-bond acceptors (Lipinski definition) is 7. The maximum atomic E-state index is 12.9. The van der Waals surface area contributed by atoms with E-state index < -0.39 is 24.3 Å². The molecule has 2 unspecified atom stereocenters. The minimum atomic E-state index is -1.53. The van der Waals surface area contributed by atoms with Crippen molar-refractivity contribution in [3.63, 3.8) is 0 Å². The summed E-state index contributed by atoms with van der Waals surface area (Å²) >= 11 is 0. The summed E-state index contributed by atoms with van der Waals surface area (Å²) in [6.45, 7) is 4.61. The first-order valence-electron chi connectivity index (χ1n) is 35.6. The maximum absolute atomic E-state index is 12.9. The number of carbonyl (C=O) groups is 3. The standard InChI is InChI=1S/C80H131NO8/c1-6-8-10-12-14-16-18-20-22-24-26-28-30-32-33-34-35-36-37-38-39-40-41-42-43-44-45-47-48-50-52-54-56-58-60-62-64-66-68-70-77(82)87-74-76(75-88-80(79(84)85)86-73-72-81(3,4)5)89-78(83)71-69-67-65-63-61-59-57-55-53-51-49-46-31-29-27-25-23-21-19-17-15-13-11-9-7-2/h8-11,14-17,20-23,26-29,32-33,35-36,46,49,53,55,59,61,76,80H,6-7,12-13,18-19,24-25,30-31,34,37-45,47-48,50-52,54,56-58,60,62-75H2,1-5H3/p+1/b10-8-,11-9-,16-14-,17-15-,22-20-,23-21-,28-26-,29-27-,33-32-,36-35-,49-46-,55-53-,61-59-. The molecular formula is C80H132NO8+. The number of hydrogen-bond donors (Lipinski definition) is 1. The highest BCUT2D eigenvalue weighted by molar-refractivity contribution is 5.71. The molecule has 0 aliphatic rings. The fourth-order valence-electron chi connectivity index (χ4n) is 9.41. The number of allylic oxidation sites excluding steroid dienone is 26. The van der Waals surface area contributed by atoms with Crippen LogP contribution in [-0.2, 0) is 33.3 Å². The van der Waals surface area contributed by atoms with Crippen LogP contribution < -0.4 is 0 Å². The smallest absolute Gasteiger partial charge is 0.361 e. The van der Waals surface area contributed by atoms with Crippen molar-refractivity contribution >= 4 is 17.9 Å². The van der Waals surface area contributed by atoms with E-state index in [0.29, 0.717) is 17.4 Å². The van der Waals surface area contributed by atoms with Crippen molar-refractivity contribution in [1.29, 1.82) is 0 Å². The van der Waals surface area contributed by atoms with Crippen molar-refractivity contribution in [2.24, 2.45) is 0 Å². The summed E-state index contributed by atoms with van der Waals surface area (Å²) in [5.74, 6) is -2.06. The lowest BCUT2D eigenvalue weighted by atomic mass is 10.0. The lowest BCUT2D eigenvalue weighted by Gasteiger charge is -2.25. The van der Waals surface area contributed by atoms with E-state index in [4.69, 9.17) is 18.9 Å². The van der Waals surface area contributed by atoms with Crippen LogP contribution in [0.3, 0.4) is 0 Å². The summed E-state index contributed by atoms with van der Waals surface area (Å²) in [6.07, 6.45) is 99.4. The number of carbonyl (C=O) groups excluding carboxylic acids is 2. The number of quaternary nitrogens is 1. The maximum Gasteiger partial charge on any atom is 0.361 e. The number of rotatable bonds is 64. The number of carboxylic acids is 1. The molecule has 0 aromatic heterocycles. The zero-order valence-electron chi connectivity index (χ0n) is 57.5. The molecule has 89 heavy (non-hydrogen) atoms. The molecule has 9 nitrogen and oxygen atoms in total. The van der Waals surface area contributed by atoms with Crippen LogP contribution in [0, 0.1) is 0 Å². The van der Waals surface area contributed by atoms with Crippen LogP contribution in [0.15, 0.2) is 158 Å². The quantitative estimate of drug-likeness (QED) is 0.0211. The van der Waals surface area contributed by atoms with Crippen molar-refractivity contribution < 1.29 is 42.9 Å². The van der Waals surface area contributed by atoms with Crippen LogP contribution in [0.4, 0.5) is 0 Å². The van der Waals surface area contributed by atoms with Gasteiger partial charge in [0.25, 0.3) is 6.29 Å². The van der Waals surface area contributed by atoms with Crippen LogP contribution in [0.2, 0.25) is 0 Å². The van der Waals surface area contributed by atoms with Gasteiger partial charge in [-0.25, -0.2) is 4.79 Å². The monoisotopic (exact) mass is 1230 g/mol. The van der Waals surface area contributed by atoms with E-state index in [1.54, 1.807) is 0 Å². The van der Waals surface area contributed by atoms with E-state index in [0.717, 1.165) is 122 Å². The third-order valence-electron chi connectivity index (χ3n) is 14.8. The van der Waals surface area contributed by atoms with Gasteiger partial charge in [0.15, 0.2) is 6.10 Å². The van der Waals surface area contributed by atoms with Crippen molar-refractivity contribution in [3.8, 4) is 0 Å². The highest BCUT2D eigenvalue weighted by atomic mass is 16.7. The normalized spacial score (nSPS) is 13.7. The Balaban J connectivity index is 4.12. The Labute approximate surface area is 546 Å². The van der Waals surface area contributed by atoms with Crippen LogP contribution in [0.1, 0.15) is 271 Å².